The number of carboxylic acids is 1. The molecule has 2 heterocycles. The molecule has 2 aromatic rings. The molecule has 1 aliphatic rings. The lowest BCUT2D eigenvalue weighted by Crippen LogP contribution is -2.35. The highest BCUT2D eigenvalue weighted by Gasteiger charge is 2.22. The van der Waals surface area contributed by atoms with Gasteiger partial charge in [-0.05, 0) is 61.7 Å². The molecule has 124 valence electrons. The standard InChI is InChI=1S/C18H19N3O3/c1-11-9-12(18(23)24)4-6-14(11)13-5-7-16(20-10-13)21-17(22)15-3-2-8-19-15/h4-7,9-10,15,19H,2-3,8H2,1H3,(H,23,24)(H,20,21,22)/t15-/m1/s1. The molecule has 0 radical (unpaired) electrons. The average molecular weight is 325 g/mol. The van der Waals surface area contributed by atoms with Crippen molar-refractivity contribution in [2.45, 2.75) is 25.8 Å². The van der Waals surface area contributed by atoms with Gasteiger partial charge < -0.3 is 15.7 Å². The van der Waals surface area contributed by atoms with Gasteiger partial charge in [0.15, 0.2) is 0 Å². The second-order valence-corrected chi connectivity index (χ2v) is 5.91. The molecule has 0 unspecified atom stereocenters. The quantitative estimate of drug-likeness (QED) is 0.803. The van der Waals surface area contributed by atoms with Crippen molar-refractivity contribution >= 4 is 17.7 Å². The summed E-state index contributed by atoms with van der Waals surface area (Å²) < 4.78 is 0. The minimum atomic E-state index is -0.943. The van der Waals surface area contributed by atoms with Gasteiger partial charge >= 0.3 is 5.97 Å². The molecule has 1 atom stereocenters. The van der Waals surface area contributed by atoms with E-state index in [4.69, 9.17) is 5.11 Å². The van der Waals surface area contributed by atoms with Crippen LogP contribution in [0.2, 0.25) is 0 Å². The molecule has 1 saturated heterocycles. The smallest absolute Gasteiger partial charge is 0.335 e. The number of pyridine rings is 1. The number of carbonyl (C=O) groups is 2. The second kappa shape index (κ2) is 6.80. The van der Waals surface area contributed by atoms with Gasteiger partial charge in [-0.3, -0.25) is 4.79 Å². The largest absolute Gasteiger partial charge is 0.478 e. The molecule has 3 rings (SSSR count). The van der Waals surface area contributed by atoms with E-state index in [1.165, 1.54) is 0 Å². The maximum Gasteiger partial charge on any atom is 0.335 e. The monoisotopic (exact) mass is 325 g/mol. The SMILES string of the molecule is Cc1cc(C(=O)O)ccc1-c1ccc(NC(=O)[C@H]2CCCN2)nc1. The number of carbonyl (C=O) groups excluding carboxylic acids is 1. The molecule has 24 heavy (non-hydrogen) atoms. The summed E-state index contributed by atoms with van der Waals surface area (Å²) in [5, 5.41) is 15.0. The van der Waals surface area contributed by atoms with E-state index in [1.54, 1.807) is 30.5 Å². The summed E-state index contributed by atoms with van der Waals surface area (Å²) in [5.41, 5.74) is 2.92. The van der Waals surface area contributed by atoms with Crippen LogP contribution in [0.3, 0.4) is 0 Å². The van der Waals surface area contributed by atoms with Gasteiger partial charge in [0.1, 0.15) is 5.82 Å². The molecule has 1 aromatic carbocycles. The first-order valence-electron chi connectivity index (χ1n) is 7.89. The number of carboxylic acid groups (broad SMARTS) is 1. The Morgan fingerprint density at radius 2 is 2.12 bits per heavy atom. The normalized spacial score (nSPS) is 16.8. The first kappa shape index (κ1) is 16.1. The van der Waals surface area contributed by atoms with Crippen molar-refractivity contribution in [2.24, 2.45) is 0 Å². The lowest BCUT2D eigenvalue weighted by atomic mass is 10.00. The van der Waals surface area contributed by atoms with Gasteiger partial charge in [0.2, 0.25) is 5.91 Å². The molecule has 1 aromatic heterocycles. The Labute approximate surface area is 139 Å². The van der Waals surface area contributed by atoms with Crippen molar-refractivity contribution < 1.29 is 14.7 Å². The van der Waals surface area contributed by atoms with Gasteiger partial charge in [-0.15, -0.1) is 0 Å². The van der Waals surface area contributed by atoms with Crippen molar-refractivity contribution in [3.63, 3.8) is 0 Å². The van der Waals surface area contributed by atoms with Crippen molar-refractivity contribution in [1.29, 1.82) is 0 Å². The lowest BCUT2D eigenvalue weighted by Gasteiger charge is -2.11. The van der Waals surface area contributed by atoms with Gasteiger partial charge in [-0.25, -0.2) is 9.78 Å². The fourth-order valence-corrected chi connectivity index (χ4v) is 2.87. The number of benzene rings is 1. The van der Waals surface area contributed by atoms with E-state index >= 15 is 0 Å². The van der Waals surface area contributed by atoms with Crippen LogP contribution < -0.4 is 10.6 Å². The van der Waals surface area contributed by atoms with Gasteiger partial charge in [-0.1, -0.05) is 6.07 Å². The van der Waals surface area contributed by atoms with Crippen LogP contribution in [0.1, 0.15) is 28.8 Å². The Hall–Kier alpha value is -2.73. The predicted octanol–water partition coefficient (Wildman–Crippen LogP) is 2.45. The number of aryl methyl sites for hydroxylation is 1. The molecule has 1 amide bonds. The van der Waals surface area contributed by atoms with Gasteiger partial charge in [0.05, 0.1) is 11.6 Å². The third-order valence-electron chi connectivity index (χ3n) is 4.18. The topological polar surface area (TPSA) is 91.3 Å². The Bertz CT molecular complexity index is 766. The number of aromatic nitrogens is 1. The Morgan fingerprint density at radius 1 is 1.29 bits per heavy atom. The highest BCUT2D eigenvalue weighted by Crippen LogP contribution is 2.24. The summed E-state index contributed by atoms with van der Waals surface area (Å²) in [6, 6.07) is 8.47. The number of anilines is 1. The summed E-state index contributed by atoms with van der Waals surface area (Å²) >= 11 is 0. The van der Waals surface area contributed by atoms with E-state index in [-0.39, 0.29) is 17.5 Å². The second-order valence-electron chi connectivity index (χ2n) is 5.91. The van der Waals surface area contributed by atoms with Crippen LogP contribution in [0.25, 0.3) is 11.1 Å². The Kier molecular flexibility index (Phi) is 4.57. The summed E-state index contributed by atoms with van der Waals surface area (Å²) in [6.45, 7) is 2.74. The van der Waals surface area contributed by atoms with Gasteiger partial charge in [0, 0.05) is 11.8 Å². The molecule has 0 saturated carbocycles. The summed E-state index contributed by atoms with van der Waals surface area (Å²) in [7, 11) is 0. The van der Waals surface area contributed by atoms with E-state index in [1.807, 2.05) is 13.0 Å². The van der Waals surface area contributed by atoms with Crippen molar-refractivity contribution in [1.82, 2.24) is 10.3 Å². The first-order valence-corrected chi connectivity index (χ1v) is 7.89. The van der Waals surface area contributed by atoms with Crippen LogP contribution in [0, 0.1) is 6.92 Å². The van der Waals surface area contributed by atoms with Crippen molar-refractivity contribution in [2.75, 3.05) is 11.9 Å². The van der Waals surface area contributed by atoms with Crippen molar-refractivity contribution in [3.8, 4) is 11.1 Å². The zero-order valence-corrected chi connectivity index (χ0v) is 13.4. The van der Waals surface area contributed by atoms with Gasteiger partial charge in [0.25, 0.3) is 0 Å². The lowest BCUT2D eigenvalue weighted by molar-refractivity contribution is -0.117. The minimum absolute atomic E-state index is 0.0604. The number of nitrogens with zero attached hydrogens (tertiary/aromatic N) is 1. The highest BCUT2D eigenvalue weighted by molar-refractivity contribution is 5.94. The minimum Gasteiger partial charge on any atom is -0.478 e. The fourth-order valence-electron chi connectivity index (χ4n) is 2.87. The summed E-state index contributed by atoms with van der Waals surface area (Å²) in [4.78, 5) is 27.3. The van der Waals surface area contributed by atoms with E-state index in [2.05, 4.69) is 15.6 Å². The highest BCUT2D eigenvalue weighted by atomic mass is 16.4. The third kappa shape index (κ3) is 3.44. The Morgan fingerprint density at radius 3 is 2.71 bits per heavy atom. The third-order valence-corrected chi connectivity index (χ3v) is 4.18. The van der Waals surface area contributed by atoms with E-state index in [9.17, 15) is 9.59 Å². The maximum atomic E-state index is 12.1. The predicted molar refractivity (Wildman–Crippen MR) is 91.0 cm³/mol. The molecule has 6 nitrogen and oxygen atoms in total. The molecule has 1 aliphatic heterocycles. The maximum absolute atomic E-state index is 12.1. The molecule has 1 fully saturated rings. The number of hydrogen-bond donors (Lipinski definition) is 3. The molecule has 0 spiro atoms. The van der Waals surface area contributed by atoms with E-state index in [0.29, 0.717) is 5.82 Å². The van der Waals surface area contributed by atoms with Crippen molar-refractivity contribution in [3.05, 3.63) is 47.7 Å². The number of nitrogens with one attached hydrogen (secondary N) is 2. The van der Waals surface area contributed by atoms with Crippen LogP contribution in [-0.4, -0.2) is 34.6 Å². The van der Waals surface area contributed by atoms with E-state index in [0.717, 1.165) is 36.1 Å². The molecule has 0 aliphatic carbocycles. The average Bonchev–Trinajstić information content (AvgIpc) is 3.10. The van der Waals surface area contributed by atoms with Gasteiger partial charge in [-0.2, -0.15) is 0 Å². The fraction of sp³-hybridized carbons (Fsp3) is 0.278. The number of amides is 1. The molecule has 3 N–H and O–H groups in total. The van der Waals surface area contributed by atoms with Crippen LogP contribution in [-0.2, 0) is 4.79 Å². The molecular weight excluding hydrogens is 306 g/mol. The van der Waals surface area contributed by atoms with Crippen LogP contribution in [0.4, 0.5) is 5.82 Å². The molecule has 0 bridgehead atoms. The summed E-state index contributed by atoms with van der Waals surface area (Å²) in [5.74, 6) is -0.492. The molecular formula is C18H19N3O3. The zero-order valence-electron chi connectivity index (χ0n) is 13.4. The van der Waals surface area contributed by atoms with E-state index < -0.39 is 5.97 Å². The van der Waals surface area contributed by atoms with Crippen LogP contribution in [0.5, 0.6) is 0 Å². The molecule has 6 heteroatoms. The number of aromatic carboxylic acids is 1. The van der Waals surface area contributed by atoms with Crippen LogP contribution in [0.15, 0.2) is 36.5 Å². The summed E-state index contributed by atoms with van der Waals surface area (Å²) in [6.07, 6.45) is 3.54. The Balaban J connectivity index is 1.74. The number of rotatable bonds is 4. The van der Waals surface area contributed by atoms with Crippen LogP contribution >= 0.6 is 0 Å². The number of hydrogen-bond acceptors (Lipinski definition) is 4. The first-order chi connectivity index (χ1) is 11.5. The zero-order chi connectivity index (χ0) is 17.1.